The zero-order chi connectivity index (χ0) is 13.7. The van der Waals surface area contributed by atoms with Gasteiger partial charge in [0.25, 0.3) is 5.69 Å². The zero-order valence-corrected chi connectivity index (χ0v) is 11.2. The third-order valence-electron chi connectivity index (χ3n) is 2.20. The number of nitrogens with one attached hydrogen (secondary N) is 1. The SMILES string of the molecule is O=[N+]([O-])c1ccc(N/N=C/c2cccc(Br)c2)nc1. The van der Waals surface area contributed by atoms with Crippen LogP contribution in [0.5, 0.6) is 0 Å². The standard InChI is InChI=1S/C12H9BrN4O2/c13-10-3-1-2-9(6-10)7-15-16-12-5-4-11(8-14-12)17(18)19/h1-8H,(H,14,16)/b15-7+. The van der Waals surface area contributed by atoms with E-state index >= 15 is 0 Å². The summed E-state index contributed by atoms with van der Waals surface area (Å²) in [7, 11) is 0. The van der Waals surface area contributed by atoms with Crippen LogP contribution in [-0.2, 0) is 0 Å². The number of hydrazone groups is 1. The van der Waals surface area contributed by atoms with Crippen LogP contribution in [0.1, 0.15) is 5.56 Å². The summed E-state index contributed by atoms with van der Waals surface area (Å²) in [5.74, 6) is 0.442. The van der Waals surface area contributed by atoms with E-state index in [0.717, 1.165) is 10.0 Å². The van der Waals surface area contributed by atoms with E-state index in [1.165, 1.54) is 18.3 Å². The molecule has 0 saturated heterocycles. The van der Waals surface area contributed by atoms with Gasteiger partial charge in [-0.1, -0.05) is 28.1 Å². The normalized spacial score (nSPS) is 10.6. The lowest BCUT2D eigenvalue weighted by atomic mass is 10.2. The molecule has 7 heteroatoms. The number of aromatic nitrogens is 1. The number of anilines is 1. The number of halogens is 1. The molecule has 2 rings (SSSR count). The van der Waals surface area contributed by atoms with Crippen LogP contribution >= 0.6 is 15.9 Å². The Bertz CT molecular complexity index is 613. The predicted octanol–water partition coefficient (Wildman–Crippen LogP) is 3.20. The Hall–Kier alpha value is -2.28. The predicted molar refractivity (Wildman–Crippen MR) is 76.3 cm³/mol. The lowest BCUT2D eigenvalue weighted by molar-refractivity contribution is -0.385. The lowest BCUT2D eigenvalue weighted by Gasteiger charge is -1.98. The van der Waals surface area contributed by atoms with Gasteiger partial charge in [-0.25, -0.2) is 4.98 Å². The van der Waals surface area contributed by atoms with E-state index in [1.54, 1.807) is 6.21 Å². The first-order chi connectivity index (χ1) is 9.15. The maximum Gasteiger partial charge on any atom is 0.287 e. The lowest BCUT2D eigenvalue weighted by Crippen LogP contribution is -1.95. The van der Waals surface area contributed by atoms with Gasteiger partial charge in [-0.3, -0.25) is 15.5 Å². The molecule has 0 atom stereocenters. The summed E-state index contributed by atoms with van der Waals surface area (Å²) >= 11 is 3.36. The van der Waals surface area contributed by atoms with Gasteiger partial charge < -0.3 is 0 Å². The minimum absolute atomic E-state index is 0.0541. The Morgan fingerprint density at radius 3 is 2.84 bits per heavy atom. The molecule has 2 aromatic rings. The Morgan fingerprint density at radius 1 is 1.37 bits per heavy atom. The summed E-state index contributed by atoms with van der Waals surface area (Å²) in [4.78, 5) is 13.8. The summed E-state index contributed by atoms with van der Waals surface area (Å²) in [5.41, 5.74) is 3.57. The number of benzene rings is 1. The Morgan fingerprint density at radius 2 is 2.21 bits per heavy atom. The Kier molecular flexibility index (Phi) is 4.19. The van der Waals surface area contributed by atoms with E-state index in [9.17, 15) is 10.1 Å². The minimum Gasteiger partial charge on any atom is -0.261 e. The highest BCUT2D eigenvalue weighted by atomic mass is 79.9. The number of hydrogen-bond donors (Lipinski definition) is 1. The quantitative estimate of drug-likeness (QED) is 0.533. The number of rotatable bonds is 4. The number of nitrogens with zero attached hydrogens (tertiary/aromatic N) is 3. The van der Waals surface area contributed by atoms with Gasteiger partial charge in [0, 0.05) is 10.5 Å². The van der Waals surface area contributed by atoms with Gasteiger partial charge in [0.15, 0.2) is 0 Å². The van der Waals surface area contributed by atoms with Gasteiger partial charge in [0.2, 0.25) is 0 Å². The smallest absolute Gasteiger partial charge is 0.261 e. The summed E-state index contributed by atoms with van der Waals surface area (Å²) in [6.45, 7) is 0. The van der Waals surface area contributed by atoms with Crippen LogP contribution in [0.25, 0.3) is 0 Å². The van der Waals surface area contributed by atoms with E-state index < -0.39 is 4.92 Å². The van der Waals surface area contributed by atoms with Crippen molar-refractivity contribution in [1.82, 2.24) is 4.98 Å². The Balaban J connectivity index is 2.00. The average molecular weight is 321 g/mol. The fraction of sp³-hybridized carbons (Fsp3) is 0. The molecule has 0 saturated carbocycles. The molecule has 19 heavy (non-hydrogen) atoms. The molecular weight excluding hydrogens is 312 g/mol. The number of pyridine rings is 1. The number of hydrogen-bond acceptors (Lipinski definition) is 5. The molecule has 0 unspecified atom stereocenters. The highest BCUT2D eigenvalue weighted by molar-refractivity contribution is 9.10. The van der Waals surface area contributed by atoms with Gasteiger partial charge >= 0.3 is 0 Å². The van der Waals surface area contributed by atoms with Gasteiger partial charge in [-0.05, 0) is 23.8 Å². The molecule has 1 N–H and O–H groups in total. The maximum atomic E-state index is 10.5. The maximum absolute atomic E-state index is 10.5. The van der Waals surface area contributed by atoms with Crippen molar-refractivity contribution in [3.05, 3.63) is 62.7 Å². The molecule has 0 aliphatic carbocycles. The van der Waals surface area contributed by atoms with Crippen molar-refractivity contribution >= 4 is 33.6 Å². The molecule has 1 aromatic carbocycles. The van der Waals surface area contributed by atoms with Crippen molar-refractivity contribution in [2.45, 2.75) is 0 Å². The molecule has 0 aliphatic heterocycles. The van der Waals surface area contributed by atoms with Crippen molar-refractivity contribution in [3.8, 4) is 0 Å². The second-order valence-corrected chi connectivity index (χ2v) is 4.50. The first-order valence-electron chi connectivity index (χ1n) is 5.30. The second-order valence-electron chi connectivity index (χ2n) is 3.58. The fourth-order valence-electron chi connectivity index (χ4n) is 1.32. The van der Waals surface area contributed by atoms with Crippen molar-refractivity contribution in [1.29, 1.82) is 0 Å². The van der Waals surface area contributed by atoms with Gasteiger partial charge in [0.05, 0.1) is 11.1 Å². The molecule has 0 fully saturated rings. The molecule has 0 spiro atoms. The van der Waals surface area contributed by atoms with Crippen LogP contribution in [0.2, 0.25) is 0 Å². The monoisotopic (exact) mass is 320 g/mol. The van der Waals surface area contributed by atoms with Crippen LogP contribution in [0.4, 0.5) is 11.5 Å². The largest absolute Gasteiger partial charge is 0.287 e. The van der Waals surface area contributed by atoms with E-state index in [2.05, 4.69) is 31.4 Å². The van der Waals surface area contributed by atoms with Crippen LogP contribution in [-0.4, -0.2) is 16.1 Å². The highest BCUT2D eigenvalue weighted by Gasteiger charge is 2.04. The van der Waals surface area contributed by atoms with Crippen LogP contribution in [0.3, 0.4) is 0 Å². The minimum atomic E-state index is -0.498. The number of nitro groups is 1. The molecule has 0 radical (unpaired) electrons. The first kappa shape index (κ1) is 13.2. The zero-order valence-electron chi connectivity index (χ0n) is 9.65. The van der Waals surface area contributed by atoms with Gasteiger partial charge in [-0.2, -0.15) is 5.10 Å². The molecule has 0 bridgehead atoms. The van der Waals surface area contributed by atoms with Crippen molar-refractivity contribution in [3.63, 3.8) is 0 Å². The van der Waals surface area contributed by atoms with Gasteiger partial charge in [0.1, 0.15) is 12.0 Å². The summed E-state index contributed by atoms with van der Waals surface area (Å²) in [6.07, 6.45) is 2.81. The van der Waals surface area contributed by atoms with E-state index in [0.29, 0.717) is 5.82 Å². The van der Waals surface area contributed by atoms with Crippen molar-refractivity contribution in [2.75, 3.05) is 5.43 Å². The molecular formula is C12H9BrN4O2. The van der Waals surface area contributed by atoms with Crippen molar-refractivity contribution in [2.24, 2.45) is 5.10 Å². The van der Waals surface area contributed by atoms with E-state index in [4.69, 9.17) is 0 Å². The molecule has 6 nitrogen and oxygen atoms in total. The van der Waals surface area contributed by atoms with Crippen LogP contribution in [0, 0.1) is 10.1 Å². The molecule has 0 amide bonds. The van der Waals surface area contributed by atoms with Crippen molar-refractivity contribution < 1.29 is 4.92 Å². The topological polar surface area (TPSA) is 80.4 Å². The first-order valence-corrected chi connectivity index (χ1v) is 6.09. The molecule has 1 aromatic heterocycles. The molecule has 96 valence electrons. The molecule has 1 heterocycles. The molecule has 0 aliphatic rings. The summed E-state index contributed by atoms with van der Waals surface area (Å²) in [5, 5.41) is 14.5. The third-order valence-corrected chi connectivity index (χ3v) is 2.69. The van der Waals surface area contributed by atoms with Gasteiger partial charge in [-0.15, -0.1) is 0 Å². The highest BCUT2D eigenvalue weighted by Crippen LogP contribution is 2.12. The summed E-state index contributed by atoms with van der Waals surface area (Å²) in [6, 6.07) is 10.5. The van der Waals surface area contributed by atoms with Crippen LogP contribution < -0.4 is 5.43 Å². The average Bonchev–Trinajstić information content (AvgIpc) is 2.39. The third kappa shape index (κ3) is 3.85. The summed E-state index contributed by atoms with van der Waals surface area (Å²) < 4.78 is 0.963. The Labute approximate surface area is 117 Å². The fourth-order valence-corrected chi connectivity index (χ4v) is 1.74. The second kappa shape index (κ2) is 6.05. The van der Waals surface area contributed by atoms with E-state index in [1.807, 2.05) is 24.3 Å². The van der Waals surface area contributed by atoms with E-state index in [-0.39, 0.29) is 5.69 Å². The van der Waals surface area contributed by atoms with Crippen LogP contribution in [0.15, 0.2) is 52.2 Å².